The largest absolute Gasteiger partial charge is 0.462 e. The Morgan fingerprint density at radius 3 is 2.68 bits per heavy atom. The maximum absolute atomic E-state index is 12.0. The molecule has 2 heterocycles. The maximum atomic E-state index is 12.0. The Balaban J connectivity index is 1.54. The number of nitrogens with one attached hydrogen (secondary N) is 2. The van der Waals surface area contributed by atoms with E-state index < -0.39 is 0 Å². The van der Waals surface area contributed by atoms with Crippen molar-refractivity contribution in [3.8, 4) is 0 Å². The molecule has 0 radical (unpaired) electrons. The molecule has 3 rings (SSSR count). The lowest BCUT2D eigenvalue weighted by Crippen LogP contribution is -2.38. The minimum atomic E-state index is -0.324. The number of carbonyl (C=O) groups is 1. The smallest absolute Gasteiger partial charge is 0.350 e. The first kappa shape index (κ1) is 22.5. The Hall–Kier alpha value is -3.20. The van der Waals surface area contributed by atoms with Crippen molar-refractivity contribution in [3.05, 3.63) is 69.7 Å². The lowest BCUT2D eigenvalue weighted by Gasteiger charge is -2.16. The zero-order valence-corrected chi connectivity index (χ0v) is 19.1. The predicted octanol–water partition coefficient (Wildman–Crippen LogP) is 3.30. The van der Waals surface area contributed by atoms with E-state index in [4.69, 9.17) is 4.74 Å². The Bertz CT molecular complexity index is 1010. The zero-order valence-electron chi connectivity index (χ0n) is 18.3. The Labute approximate surface area is 186 Å². The molecule has 2 N–H and O–H groups in total. The van der Waals surface area contributed by atoms with Crippen molar-refractivity contribution in [2.24, 2.45) is 4.99 Å². The molecule has 0 amide bonds. The van der Waals surface area contributed by atoms with Gasteiger partial charge in [0.15, 0.2) is 5.96 Å². The number of nitrogens with zero attached hydrogens (tertiary/aromatic N) is 4. The third kappa shape index (κ3) is 6.14. The van der Waals surface area contributed by atoms with Gasteiger partial charge in [-0.15, -0.1) is 11.3 Å². The molecular weight excluding hydrogens is 412 g/mol. The summed E-state index contributed by atoms with van der Waals surface area (Å²) in [6.07, 6.45) is 5.54. The summed E-state index contributed by atoms with van der Waals surface area (Å²) in [5.74, 6) is 0.343. The van der Waals surface area contributed by atoms with Crippen LogP contribution >= 0.6 is 11.3 Å². The maximum Gasteiger partial charge on any atom is 0.350 e. The van der Waals surface area contributed by atoms with Crippen molar-refractivity contribution in [2.45, 2.75) is 39.9 Å². The Morgan fingerprint density at radius 2 is 2.03 bits per heavy atom. The molecule has 0 saturated carbocycles. The lowest BCUT2D eigenvalue weighted by atomic mass is 10.1. The highest BCUT2D eigenvalue weighted by atomic mass is 32.1. The first-order valence-electron chi connectivity index (χ1n) is 10.1. The molecular formula is C22H28N6O2S. The molecule has 8 nitrogen and oxygen atoms in total. The SMILES string of the molecule is CCOC(=O)c1sc(C(C)NC(=NC)NCc2ccc(Cn3ccnc3)cc2)nc1C. The van der Waals surface area contributed by atoms with E-state index in [1.54, 1.807) is 20.2 Å². The fourth-order valence-corrected chi connectivity index (χ4v) is 3.95. The average molecular weight is 441 g/mol. The summed E-state index contributed by atoms with van der Waals surface area (Å²) in [5, 5.41) is 7.47. The molecule has 1 aromatic carbocycles. The van der Waals surface area contributed by atoms with Crippen molar-refractivity contribution in [1.29, 1.82) is 0 Å². The van der Waals surface area contributed by atoms with Gasteiger partial charge in [-0.05, 0) is 31.9 Å². The quantitative estimate of drug-likeness (QED) is 0.317. The molecule has 0 aliphatic carbocycles. The topological polar surface area (TPSA) is 93.4 Å². The van der Waals surface area contributed by atoms with Crippen LogP contribution in [0.25, 0.3) is 0 Å². The molecule has 0 aliphatic rings. The number of esters is 1. The van der Waals surface area contributed by atoms with Gasteiger partial charge in [0.2, 0.25) is 0 Å². The highest BCUT2D eigenvalue weighted by molar-refractivity contribution is 7.13. The van der Waals surface area contributed by atoms with Gasteiger partial charge in [0.05, 0.1) is 24.7 Å². The third-order valence-electron chi connectivity index (χ3n) is 4.63. The van der Waals surface area contributed by atoms with Gasteiger partial charge in [-0.1, -0.05) is 24.3 Å². The molecule has 1 atom stereocenters. The van der Waals surface area contributed by atoms with E-state index in [2.05, 4.69) is 49.9 Å². The van der Waals surface area contributed by atoms with Crippen LogP contribution in [0.2, 0.25) is 0 Å². The summed E-state index contributed by atoms with van der Waals surface area (Å²) in [7, 11) is 1.73. The van der Waals surface area contributed by atoms with E-state index in [1.807, 2.05) is 30.9 Å². The third-order valence-corrected chi connectivity index (χ3v) is 5.95. The number of guanidine groups is 1. The fourth-order valence-electron chi connectivity index (χ4n) is 2.99. The lowest BCUT2D eigenvalue weighted by molar-refractivity contribution is 0.0531. The molecule has 9 heteroatoms. The van der Waals surface area contributed by atoms with Gasteiger partial charge >= 0.3 is 5.97 Å². The van der Waals surface area contributed by atoms with E-state index in [0.29, 0.717) is 29.7 Å². The van der Waals surface area contributed by atoms with Crippen LogP contribution in [-0.4, -0.2) is 40.1 Å². The summed E-state index contributed by atoms with van der Waals surface area (Å²) in [6.45, 7) is 7.40. The summed E-state index contributed by atoms with van der Waals surface area (Å²) in [6, 6.07) is 8.34. The molecule has 0 aliphatic heterocycles. The van der Waals surface area contributed by atoms with Crippen molar-refractivity contribution >= 4 is 23.3 Å². The second-order valence-electron chi connectivity index (χ2n) is 7.03. The second-order valence-corrected chi connectivity index (χ2v) is 8.06. The number of hydrogen-bond donors (Lipinski definition) is 2. The van der Waals surface area contributed by atoms with Crippen LogP contribution in [0.3, 0.4) is 0 Å². The van der Waals surface area contributed by atoms with Crippen LogP contribution in [0.5, 0.6) is 0 Å². The van der Waals surface area contributed by atoms with Gasteiger partial charge in [-0.25, -0.2) is 14.8 Å². The Kier molecular flexibility index (Phi) is 7.77. The van der Waals surface area contributed by atoms with Crippen molar-refractivity contribution in [3.63, 3.8) is 0 Å². The van der Waals surface area contributed by atoms with Gasteiger partial charge in [0, 0.05) is 32.5 Å². The minimum Gasteiger partial charge on any atom is -0.462 e. The van der Waals surface area contributed by atoms with Crippen LogP contribution in [0, 0.1) is 6.92 Å². The molecule has 1 unspecified atom stereocenters. The number of aliphatic imine (C=N–C) groups is 1. The standard InChI is InChI=1S/C22H28N6O2S/c1-5-30-21(29)19-15(2)26-20(31-19)16(3)27-22(23-4)25-12-17-6-8-18(9-7-17)13-28-11-10-24-14-28/h6-11,14,16H,5,12-13H2,1-4H3,(H2,23,25,27). The number of aryl methyl sites for hydroxylation is 1. The van der Waals surface area contributed by atoms with Gasteiger partial charge in [0.25, 0.3) is 0 Å². The summed E-state index contributed by atoms with van der Waals surface area (Å²) in [5.41, 5.74) is 3.06. The van der Waals surface area contributed by atoms with Gasteiger partial charge in [-0.3, -0.25) is 4.99 Å². The van der Waals surface area contributed by atoms with E-state index in [9.17, 15) is 4.79 Å². The molecule has 0 spiro atoms. The van der Waals surface area contributed by atoms with Gasteiger partial charge in [-0.2, -0.15) is 0 Å². The molecule has 0 fully saturated rings. The van der Waals surface area contributed by atoms with Crippen LogP contribution in [0.4, 0.5) is 0 Å². The molecule has 164 valence electrons. The van der Waals surface area contributed by atoms with E-state index in [0.717, 1.165) is 17.1 Å². The first-order chi connectivity index (χ1) is 15.0. The second kappa shape index (κ2) is 10.7. The number of carbonyl (C=O) groups excluding carboxylic acids is 1. The van der Waals surface area contributed by atoms with E-state index >= 15 is 0 Å². The van der Waals surface area contributed by atoms with Crippen LogP contribution < -0.4 is 10.6 Å². The van der Waals surface area contributed by atoms with E-state index in [-0.39, 0.29) is 12.0 Å². The Morgan fingerprint density at radius 1 is 1.29 bits per heavy atom. The van der Waals surface area contributed by atoms with Gasteiger partial charge < -0.3 is 19.9 Å². The average Bonchev–Trinajstić information content (AvgIpc) is 3.41. The van der Waals surface area contributed by atoms with Gasteiger partial charge in [0.1, 0.15) is 9.88 Å². The van der Waals surface area contributed by atoms with Crippen molar-refractivity contribution in [2.75, 3.05) is 13.7 Å². The monoisotopic (exact) mass is 440 g/mol. The molecule has 0 saturated heterocycles. The van der Waals surface area contributed by atoms with Crippen molar-refractivity contribution < 1.29 is 9.53 Å². The summed E-state index contributed by atoms with van der Waals surface area (Å²) in [4.78, 5) is 25.5. The van der Waals surface area contributed by atoms with Crippen LogP contribution in [0.1, 0.15) is 51.4 Å². The number of benzene rings is 1. The number of hydrogen-bond acceptors (Lipinski definition) is 6. The number of imidazole rings is 1. The fraction of sp³-hybridized carbons (Fsp3) is 0.364. The number of rotatable bonds is 8. The summed E-state index contributed by atoms with van der Waals surface area (Å²) < 4.78 is 7.14. The van der Waals surface area contributed by atoms with Crippen LogP contribution in [-0.2, 0) is 17.8 Å². The number of thiazole rings is 1. The molecule has 2 aromatic heterocycles. The highest BCUT2D eigenvalue weighted by Crippen LogP contribution is 2.24. The van der Waals surface area contributed by atoms with E-state index in [1.165, 1.54) is 16.9 Å². The highest BCUT2D eigenvalue weighted by Gasteiger charge is 2.20. The normalized spacial score (nSPS) is 12.5. The number of ether oxygens (including phenoxy) is 1. The zero-order chi connectivity index (χ0) is 22.2. The first-order valence-corrected chi connectivity index (χ1v) is 11.0. The number of aromatic nitrogens is 3. The van der Waals surface area contributed by atoms with Crippen molar-refractivity contribution in [1.82, 2.24) is 25.2 Å². The molecule has 31 heavy (non-hydrogen) atoms. The van der Waals surface area contributed by atoms with Crippen LogP contribution in [0.15, 0.2) is 48.0 Å². The minimum absolute atomic E-state index is 0.101. The molecule has 0 bridgehead atoms. The molecule has 3 aromatic rings. The summed E-state index contributed by atoms with van der Waals surface area (Å²) >= 11 is 1.35. The predicted molar refractivity (Wildman–Crippen MR) is 122 cm³/mol.